The van der Waals surface area contributed by atoms with Crippen LogP contribution < -0.4 is 10.2 Å². The number of halogens is 1. The van der Waals surface area contributed by atoms with Crippen LogP contribution in [0.5, 0.6) is 5.88 Å². The zero-order valence-electron chi connectivity index (χ0n) is 11.3. The van der Waals surface area contributed by atoms with Crippen molar-refractivity contribution in [1.29, 1.82) is 0 Å². The standard InChI is InChI=1S/C12H17BClNO3/c1-11(2)12(3,4)18-13(17-11)8-6-10(16-5)15-7-9(8)14/h6-7H,1-5H3. The summed E-state index contributed by atoms with van der Waals surface area (Å²) in [4.78, 5) is 4.04. The van der Waals surface area contributed by atoms with E-state index in [4.69, 9.17) is 25.6 Å². The molecule has 0 spiro atoms. The van der Waals surface area contributed by atoms with Crippen molar-refractivity contribution in [2.24, 2.45) is 0 Å². The Kier molecular flexibility index (Phi) is 3.34. The molecule has 0 aromatic carbocycles. The maximum absolute atomic E-state index is 6.14. The molecule has 0 radical (unpaired) electrons. The van der Waals surface area contributed by atoms with Crippen molar-refractivity contribution in [3.05, 3.63) is 17.3 Å². The Labute approximate surface area is 113 Å². The zero-order valence-corrected chi connectivity index (χ0v) is 12.0. The maximum atomic E-state index is 6.14. The number of nitrogens with zero attached hydrogens (tertiary/aromatic N) is 1. The quantitative estimate of drug-likeness (QED) is 0.771. The summed E-state index contributed by atoms with van der Waals surface area (Å²) in [5.74, 6) is 0.490. The smallest absolute Gasteiger partial charge is 0.481 e. The third-order valence-corrected chi connectivity index (χ3v) is 3.89. The van der Waals surface area contributed by atoms with E-state index in [0.29, 0.717) is 10.9 Å². The molecule has 1 aromatic rings. The van der Waals surface area contributed by atoms with Crippen LogP contribution in [0, 0.1) is 0 Å². The SMILES string of the molecule is COc1cc(B2OC(C)(C)C(C)(C)O2)c(Cl)cn1. The molecule has 0 atom stereocenters. The van der Waals surface area contributed by atoms with Crippen LogP contribution in [0.15, 0.2) is 12.3 Å². The van der Waals surface area contributed by atoms with Gasteiger partial charge >= 0.3 is 7.12 Å². The van der Waals surface area contributed by atoms with Gasteiger partial charge in [-0.3, -0.25) is 0 Å². The highest BCUT2D eigenvalue weighted by Gasteiger charge is 2.52. The number of rotatable bonds is 2. The maximum Gasteiger partial charge on any atom is 0.496 e. The molecule has 1 saturated heterocycles. The number of pyridine rings is 1. The summed E-state index contributed by atoms with van der Waals surface area (Å²) in [5.41, 5.74) is -0.0446. The highest BCUT2D eigenvalue weighted by molar-refractivity contribution is 6.65. The summed E-state index contributed by atoms with van der Waals surface area (Å²) < 4.78 is 17.0. The minimum Gasteiger partial charge on any atom is -0.481 e. The third kappa shape index (κ3) is 2.22. The number of aromatic nitrogens is 1. The first-order valence-electron chi connectivity index (χ1n) is 5.82. The molecule has 1 aliphatic heterocycles. The van der Waals surface area contributed by atoms with Crippen molar-refractivity contribution in [3.63, 3.8) is 0 Å². The molecule has 4 nitrogen and oxygen atoms in total. The lowest BCUT2D eigenvalue weighted by Crippen LogP contribution is -2.41. The van der Waals surface area contributed by atoms with Gasteiger partial charge in [-0.05, 0) is 27.7 Å². The van der Waals surface area contributed by atoms with E-state index in [-0.39, 0.29) is 0 Å². The average molecular weight is 270 g/mol. The second-order valence-corrected chi connectivity index (χ2v) is 5.74. The van der Waals surface area contributed by atoms with Crippen LogP contribution in [0.4, 0.5) is 0 Å². The molecule has 98 valence electrons. The topological polar surface area (TPSA) is 40.6 Å². The van der Waals surface area contributed by atoms with E-state index in [0.717, 1.165) is 5.46 Å². The van der Waals surface area contributed by atoms with Crippen LogP contribution in [0.3, 0.4) is 0 Å². The number of methoxy groups -OCH3 is 1. The van der Waals surface area contributed by atoms with E-state index in [1.165, 1.54) is 0 Å². The third-order valence-electron chi connectivity index (χ3n) is 3.58. The van der Waals surface area contributed by atoms with Gasteiger partial charge in [-0.25, -0.2) is 4.98 Å². The van der Waals surface area contributed by atoms with E-state index in [9.17, 15) is 0 Å². The van der Waals surface area contributed by atoms with Gasteiger partial charge in [0.15, 0.2) is 0 Å². The minimum absolute atomic E-state index is 0.391. The number of ether oxygens (including phenoxy) is 1. The molecule has 2 heterocycles. The molecule has 0 aliphatic carbocycles. The average Bonchev–Trinajstić information content (AvgIpc) is 2.48. The molecule has 6 heteroatoms. The van der Waals surface area contributed by atoms with Crippen molar-refractivity contribution >= 4 is 24.2 Å². The predicted molar refractivity (Wildman–Crippen MR) is 71.5 cm³/mol. The molecule has 1 aromatic heterocycles. The van der Waals surface area contributed by atoms with Gasteiger partial charge in [0.25, 0.3) is 0 Å². The highest BCUT2D eigenvalue weighted by Crippen LogP contribution is 2.37. The van der Waals surface area contributed by atoms with E-state index in [1.54, 1.807) is 19.4 Å². The molecule has 2 rings (SSSR count). The lowest BCUT2D eigenvalue weighted by molar-refractivity contribution is 0.00578. The van der Waals surface area contributed by atoms with E-state index >= 15 is 0 Å². The Morgan fingerprint density at radius 3 is 2.28 bits per heavy atom. The van der Waals surface area contributed by atoms with Gasteiger partial charge in [-0.1, -0.05) is 11.6 Å². The van der Waals surface area contributed by atoms with Crippen molar-refractivity contribution in [2.75, 3.05) is 7.11 Å². The van der Waals surface area contributed by atoms with Crippen molar-refractivity contribution < 1.29 is 14.0 Å². The summed E-state index contributed by atoms with van der Waals surface area (Å²) in [6.07, 6.45) is 1.54. The molecular weight excluding hydrogens is 252 g/mol. The van der Waals surface area contributed by atoms with Crippen LogP contribution >= 0.6 is 11.6 Å². The molecule has 18 heavy (non-hydrogen) atoms. The Morgan fingerprint density at radius 2 is 1.78 bits per heavy atom. The first-order valence-corrected chi connectivity index (χ1v) is 6.20. The largest absolute Gasteiger partial charge is 0.496 e. The molecule has 0 unspecified atom stereocenters. The fraction of sp³-hybridized carbons (Fsp3) is 0.583. The number of hydrogen-bond donors (Lipinski definition) is 0. The molecular formula is C12H17BClNO3. The van der Waals surface area contributed by atoms with Crippen LogP contribution in [0.25, 0.3) is 0 Å². The first-order chi connectivity index (χ1) is 8.27. The van der Waals surface area contributed by atoms with Crippen LogP contribution in [0.1, 0.15) is 27.7 Å². The number of hydrogen-bond acceptors (Lipinski definition) is 4. The fourth-order valence-electron chi connectivity index (χ4n) is 1.70. The van der Waals surface area contributed by atoms with Crippen molar-refractivity contribution in [1.82, 2.24) is 4.98 Å². The monoisotopic (exact) mass is 269 g/mol. The van der Waals surface area contributed by atoms with Crippen molar-refractivity contribution in [2.45, 2.75) is 38.9 Å². The van der Waals surface area contributed by atoms with Crippen LogP contribution in [-0.4, -0.2) is 30.4 Å². The van der Waals surface area contributed by atoms with E-state index in [2.05, 4.69) is 4.98 Å². The molecule has 0 saturated carbocycles. The van der Waals surface area contributed by atoms with Gasteiger partial charge in [0, 0.05) is 17.7 Å². The van der Waals surface area contributed by atoms with E-state index < -0.39 is 18.3 Å². The van der Waals surface area contributed by atoms with Gasteiger partial charge in [-0.15, -0.1) is 0 Å². The highest BCUT2D eigenvalue weighted by atomic mass is 35.5. The Hall–Kier alpha value is -0.775. The van der Waals surface area contributed by atoms with Gasteiger partial charge in [0.1, 0.15) is 0 Å². The lowest BCUT2D eigenvalue weighted by Gasteiger charge is -2.32. The summed E-state index contributed by atoms with van der Waals surface area (Å²) in [5, 5.41) is 0.509. The summed E-state index contributed by atoms with van der Waals surface area (Å²) in [6, 6.07) is 1.74. The van der Waals surface area contributed by atoms with Crippen LogP contribution in [-0.2, 0) is 9.31 Å². The Morgan fingerprint density at radius 1 is 1.22 bits per heavy atom. The Balaban J connectivity index is 2.34. The second-order valence-electron chi connectivity index (χ2n) is 5.34. The minimum atomic E-state index is -0.501. The Bertz CT molecular complexity index is 449. The van der Waals surface area contributed by atoms with Gasteiger partial charge in [0.05, 0.1) is 23.3 Å². The molecule has 1 fully saturated rings. The van der Waals surface area contributed by atoms with E-state index in [1.807, 2.05) is 27.7 Å². The first kappa shape index (κ1) is 13.7. The molecule has 0 bridgehead atoms. The van der Waals surface area contributed by atoms with Crippen LogP contribution in [0.2, 0.25) is 5.02 Å². The summed E-state index contributed by atoms with van der Waals surface area (Å²) in [7, 11) is 1.06. The molecule has 0 amide bonds. The normalized spacial score (nSPS) is 21.1. The molecule has 0 N–H and O–H groups in total. The summed E-state index contributed by atoms with van der Waals surface area (Å²) >= 11 is 6.14. The predicted octanol–water partition coefficient (Wildman–Crippen LogP) is 2.04. The van der Waals surface area contributed by atoms with Gasteiger partial charge in [-0.2, -0.15) is 0 Å². The second kappa shape index (κ2) is 4.40. The fourth-order valence-corrected chi connectivity index (χ4v) is 1.89. The van der Waals surface area contributed by atoms with Gasteiger partial charge in [0.2, 0.25) is 5.88 Å². The van der Waals surface area contributed by atoms with Crippen molar-refractivity contribution in [3.8, 4) is 5.88 Å². The molecule has 1 aliphatic rings. The van der Waals surface area contributed by atoms with Gasteiger partial charge < -0.3 is 14.0 Å². The summed E-state index contributed by atoms with van der Waals surface area (Å²) in [6.45, 7) is 8.00. The zero-order chi connectivity index (χ0) is 13.6. The lowest BCUT2D eigenvalue weighted by atomic mass is 9.79.